The standard InChI is InChI=1S/C17H24ClNO2/c1-20-17-15(18)10-13(12-6-8-19-9-7-12)11-16(17)21-14-4-2-3-5-14/h10-12,14,19H,2-9H2,1H3. The van der Waals surface area contributed by atoms with Crippen LogP contribution in [0.1, 0.15) is 50.0 Å². The van der Waals surface area contributed by atoms with E-state index in [1.807, 2.05) is 0 Å². The fourth-order valence-corrected chi connectivity index (χ4v) is 3.75. The van der Waals surface area contributed by atoms with Gasteiger partial charge in [0.1, 0.15) is 0 Å². The minimum absolute atomic E-state index is 0.318. The average Bonchev–Trinajstić information content (AvgIpc) is 3.01. The Morgan fingerprint density at radius 3 is 2.48 bits per heavy atom. The maximum atomic E-state index is 6.42. The number of ether oxygens (including phenoxy) is 2. The quantitative estimate of drug-likeness (QED) is 0.907. The van der Waals surface area contributed by atoms with E-state index in [0.717, 1.165) is 44.5 Å². The third-order valence-corrected chi connectivity index (χ3v) is 4.92. The predicted octanol–water partition coefficient (Wildman–Crippen LogP) is 4.14. The van der Waals surface area contributed by atoms with Crippen LogP contribution >= 0.6 is 11.6 Å². The van der Waals surface area contributed by atoms with Gasteiger partial charge in [0.25, 0.3) is 0 Å². The van der Waals surface area contributed by atoms with Crippen LogP contribution in [-0.2, 0) is 0 Å². The summed E-state index contributed by atoms with van der Waals surface area (Å²) in [5.41, 5.74) is 1.29. The minimum atomic E-state index is 0.318. The monoisotopic (exact) mass is 309 g/mol. The number of benzene rings is 1. The van der Waals surface area contributed by atoms with E-state index in [9.17, 15) is 0 Å². The highest BCUT2D eigenvalue weighted by Gasteiger charge is 2.23. The summed E-state index contributed by atoms with van der Waals surface area (Å²) in [5.74, 6) is 2.08. The fourth-order valence-electron chi connectivity index (χ4n) is 3.45. The molecule has 1 aromatic carbocycles. The molecule has 1 N–H and O–H groups in total. The second-order valence-electron chi connectivity index (χ2n) is 6.08. The van der Waals surface area contributed by atoms with Crippen molar-refractivity contribution >= 4 is 11.6 Å². The molecule has 0 radical (unpaired) electrons. The molecule has 2 aliphatic rings. The van der Waals surface area contributed by atoms with Gasteiger partial charge in [0.05, 0.1) is 18.2 Å². The molecule has 1 saturated carbocycles. The van der Waals surface area contributed by atoms with Gasteiger partial charge in [-0.25, -0.2) is 0 Å². The maximum absolute atomic E-state index is 6.42. The molecular weight excluding hydrogens is 286 g/mol. The Balaban J connectivity index is 1.85. The molecule has 0 aromatic heterocycles. The molecule has 3 rings (SSSR count). The van der Waals surface area contributed by atoms with E-state index in [1.165, 1.54) is 18.4 Å². The molecule has 2 fully saturated rings. The van der Waals surface area contributed by atoms with E-state index in [2.05, 4.69) is 17.4 Å². The SMILES string of the molecule is COc1c(Cl)cc(C2CCNCC2)cc1OC1CCCC1. The van der Waals surface area contributed by atoms with Crippen LogP contribution in [0.2, 0.25) is 5.02 Å². The van der Waals surface area contributed by atoms with Gasteiger partial charge in [-0.15, -0.1) is 0 Å². The summed E-state index contributed by atoms with van der Waals surface area (Å²) in [7, 11) is 1.66. The molecule has 0 amide bonds. The molecule has 1 heterocycles. The van der Waals surface area contributed by atoms with Crippen molar-refractivity contribution in [1.82, 2.24) is 5.32 Å². The molecule has 0 bridgehead atoms. The molecule has 1 aliphatic carbocycles. The number of rotatable bonds is 4. The van der Waals surface area contributed by atoms with Gasteiger partial charge in [0.15, 0.2) is 11.5 Å². The predicted molar refractivity (Wildman–Crippen MR) is 85.7 cm³/mol. The molecule has 0 unspecified atom stereocenters. The van der Waals surface area contributed by atoms with E-state index >= 15 is 0 Å². The number of nitrogens with one attached hydrogen (secondary N) is 1. The Hall–Kier alpha value is -0.930. The van der Waals surface area contributed by atoms with Gasteiger partial charge < -0.3 is 14.8 Å². The van der Waals surface area contributed by atoms with Crippen LogP contribution in [-0.4, -0.2) is 26.3 Å². The Kier molecular flexibility index (Phi) is 4.91. The first kappa shape index (κ1) is 15.0. The summed E-state index contributed by atoms with van der Waals surface area (Å²) < 4.78 is 11.6. The molecule has 3 nitrogen and oxygen atoms in total. The minimum Gasteiger partial charge on any atom is -0.491 e. The van der Waals surface area contributed by atoms with Gasteiger partial charge in [-0.1, -0.05) is 11.6 Å². The van der Waals surface area contributed by atoms with Gasteiger partial charge in [0.2, 0.25) is 0 Å². The summed E-state index contributed by atoms with van der Waals surface area (Å²) in [6.07, 6.45) is 7.43. The van der Waals surface area contributed by atoms with Gasteiger partial charge in [0, 0.05) is 0 Å². The molecule has 1 saturated heterocycles. The van der Waals surface area contributed by atoms with E-state index < -0.39 is 0 Å². The normalized spacial score (nSPS) is 20.7. The molecule has 4 heteroatoms. The lowest BCUT2D eigenvalue weighted by atomic mass is 9.90. The average molecular weight is 310 g/mol. The molecule has 116 valence electrons. The summed E-state index contributed by atoms with van der Waals surface area (Å²) in [6.45, 7) is 2.15. The van der Waals surface area contributed by atoms with Crippen molar-refractivity contribution in [2.24, 2.45) is 0 Å². The fraction of sp³-hybridized carbons (Fsp3) is 0.647. The van der Waals surface area contributed by atoms with E-state index in [-0.39, 0.29) is 0 Å². The maximum Gasteiger partial charge on any atom is 0.179 e. The lowest BCUT2D eigenvalue weighted by Gasteiger charge is -2.25. The topological polar surface area (TPSA) is 30.5 Å². The second-order valence-corrected chi connectivity index (χ2v) is 6.49. The second kappa shape index (κ2) is 6.89. The summed E-state index contributed by atoms with van der Waals surface area (Å²) >= 11 is 6.42. The van der Waals surface area contributed by atoms with E-state index in [1.54, 1.807) is 7.11 Å². The van der Waals surface area contributed by atoms with Crippen LogP contribution in [0.3, 0.4) is 0 Å². The van der Waals surface area contributed by atoms with E-state index in [0.29, 0.717) is 22.8 Å². The van der Waals surface area contributed by atoms with Crippen LogP contribution in [0.25, 0.3) is 0 Å². The van der Waals surface area contributed by atoms with Crippen molar-refractivity contribution in [3.8, 4) is 11.5 Å². The van der Waals surface area contributed by atoms with Crippen molar-refractivity contribution in [3.05, 3.63) is 22.7 Å². The van der Waals surface area contributed by atoms with Crippen LogP contribution in [0.4, 0.5) is 0 Å². The first-order chi connectivity index (χ1) is 10.3. The van der Waals surface area contributed by atoms with Crippen LogP contribution < -0.4 is 14.8 Å². The number of methoxy groups -OCH3 is 1. The van der Waals surface area contributed by atoms with Gasteiger partial charge in [-0.05, 0) is 75.2 Å². The molecule has 0 atom stereocenters. The van der Waals surface area contributed by atoms with Gasteiger partial charge >= 0.3 is 0 Å². The Morgan fingerprint density at radius 1 is 1.10 bits per heavy atom. The van der Waals surface area contributed by atoms with Gasteiger partial charge in [-0.3, -0.25) is 0 Å². The largest absolute Gasteiger partial charge is 0.491 e. The number of hydrogen-bond acceptors (Lipinski definition) is 3. The Bertz CT molecular complexity index is 480. The van der Waals surface area contributed by atoms with Crippen molar-refractivity contribution in [2.75, 3.05) is 20.2 Å². The zero-order valence-corrected chi connectivity index (χ0v) is 13.4. The highest BCUT2D eigenvalue weighted by molar-refractivity contribution is 6.32. The lowest BCUT2D eigenvalue weighted by Crippen LogP contribution is -2.26. The number of hydrogen-bond donors (Lipinski definition) is 1. The number of halogens is 1. The van der Waals surface area contributed by atoms with Crippen molar-refractivity contribution in [1.29, 1.82) is 0 Å². The van der Waals surface area contributed by atoms with Crippen molar-refractivity contribution in [2.45, 2.75) is 50.5 Å². The zero-order valence-electron chi connectivity index (χ0n) is 12.7. The molecule has 1 aromatic rings. The highest BCUT2D eigenvalue weighted by Crippen LogP contribution is 2.41. The zero-order chi connectivity index (χ0) is 14.7. The van der Waals surface area contributed by atoms with Crippen LogP contribution in [0.15, 0.2) is 12.1 Å². The molecular formula is C17H24ClNO2. The third-order valence-electron chi connectivity index (χ3n) is 4.64. The summed E-state index contributed by atoms with van der Waals surface area (Å²) in [5, 5.41) is 4.07. The Morgan fingerprint density at radius 2 is 1.81 bits per heavy atom. The first-order valence-electron chi connectivity index (χ1n) is 8.02. The Labute approximate surface area is 132 Å². The van der Waals surface area contributed by atoms with Crippen LogP contribution in [0.5, 0.6) is 11.5 Å². The number of piperidine rings is 1. The molecule has 1 aliphatic heterocycles. The lowest BCUT2D eigenvalue weighted by molar-refractivity contribution is 0.200. The molecule has 21 heavy (non-hydrogen) atoms. The summed E-state index contributed by atoms with van der Waals surface area (Å²) in [6, 6.07) is 4.21. The van der Waals surface area contributed by atoms with E-state index in [4.69, 9.17) is 21.1 Å². The molecule has 0 spiro atoms. The first-order valence-corrected chi connectivity index (χ1v) is 8.40. The van der Waals surface area contributed by atoms with Crippen molar-refractivity contribution in [3.63, 3.8) is 0 Å². The van der Waals surface area contributed by atoms with Crippen molar-refractivity contribution < 1.29 is 9.47 Å². The van der Waals surface area contributed by atoms with Crippen LogP contribution in [0, 0.1) is 0 Å². The smallest absolute Gasteiger partial charge is 0.179 e. The third kappa shape index (κ3) is 3.46. The highest BCUT2D eigenvalue weighted by atomic mass is 35.5. The summed E-state index contributed by atoms with van der Waals surface area (Å²) in [4.78, 5) is 0. The van der Waals surface area contributed by atoms with Gasteiger partial charge in [-0.2, -0.15) is 0 Å².